The summed E-state index contributed by atoms with van der Waals surface area (Å²) in [7, 11) is 0. The topological polar surface area (TPSA) is 75.2 Å². The minimum Gasteiger partial charge on any atom is -0.342 e. The normalized spacial score (nSPS) is 15.9. The summed E-state index contributed by atoms with van der Waals surface area (Å²) in [6.45, 7) is 3.23. The number of aryl methyl sites for hydroxylation is 2. The molecule has 2 aromatic carbocycles. The van der Waals surface area contributed by atoms with Crippen LogP contribution >= 0.6 is 0 Å². The molecule has 1 aromatic heterocycles. The highest BCUT2D eigenvalue weighted by Crippen LogP contribution is 2.25. The van der Waals surface area contributed by atoms with Gasteiger partial charge in [0.05, 0.1) is 11.6 Å². The number of hydrogen-bond donors (Lipinski definition) is 1. The van der Waals surface area contributed by atoms with Crippen LogP contribution < -0.4 is 5.32 Å². The zero-order valence-electron chi connectivity index (χ0n) is 18.3. The molecule has 1 saturated heterocycles. The third-order valence-electron chi connectivity index (χ3n) is 5.84. The standard InChI is InChI=1S/C26H28N4O2/c1-19-5-2-6-20(15-19)21-7-3-9-23(16-21)29-26(32)22-8-4-14-30(18-22)25(31)11-10-24-17-27-12-13-28-24/h2-3,5-7,9,12-13,15-17,22H,4,8,10-11,14,18H2,1H3,(H,29,32). The van der Waals surface area contributed by atoms with Gasteiger partial charge in [-0.2, -0.15) is 0 Å². The molecule has 1 N–H and O–H groups in total. The lowest BCUT2D eigenvalue weighted by molar-refractivity contribution is -0.134. The second-order valence-corrected chi connectivity index (χ2v) is 8.32. The molecule has 6 heteroatoms. The molecule has 3 aromatic rings. The maximum Gasteiger partial charge on any atom is 0.229 e. The van der Waals surface area contributed by atoms with Gasteiger partial charge in [0, 0.05) is 43.8 Å². The van der Waals surface area contributed by atoms with Crippen molar-refractivity contribution in [2.75, 3.05) is 18.4 Å². The van der Waals surface area contributed by atoms with E-state index >= 15 is 0 Å². The van der Waals surface area contributed by atoms with Gasteiger partial charge in [0.15, 0.2) is 0 Å². The Morgan fingerprint density at radius 1 is 1.09 bits per heavy atom. The lowest BCUT2D eigenvalue weighted by Gasteiger charge is -2.32. The first kappa shape index (κ1) is 21.7. The molecule has 6 nitrogen and oxygen atoms in total. The SMILES string of the molecule is Cc1cccc(-c2cccc(NC(=O)C3CCCN(C(=O)CCc4cnccn4)C3)c2)c1. The molecular weight excluding hydrogens is 400 g/mol. The third kappa shape index (κ3) is 5.58. The molecule has 1 aliphatic heterocycles. The molecule has 1 atom stereocenters. The average molecular weight is 429 g/mol. The Labute approximate surface area is 188 Å². The molecular formula is C26H28N4O2. The van der Waals surface area contributed by atoms with Crippen LogP contribution in [-0.2, 0) is 16.0 Å². The molecule has 2 heterocycles. The van der Waals surface area contributed by atoms with Crippen molar-refractivity contribution in [3.63, 3.8) is 0 Å². The second kappa shape index (κ2) is 10.2. The van der Waals surface area contributed by atoms with Crippen molar-refractivity contribution in [2.45, 2.75) is 32.6 Å². The van der Waals surface area contributed by atoms with E-state index in [-0.39, 0.29) is 17.7 Å². The maximum absolute atomic E-state index is 12.9. The summed E-state index contributed by atoms with van der Waals surface area (Å²) in [4.78, 5) is 35.7. The second-order valence-electron chi connectivity index (χ2n) is 8.32. The van der Waals surface area contributed by atoms with Crippen molar-refractivity contribution in [1.82, 2.24) is 14.9 Å². The van der Waals surface area contributed by atoms with E-state index in [0.29, 0.717) is 25.9 Å². The largest absolute Gasteiger partial charge is 0.342 e. The van der Waals surface area contributed by atoms with E-state index in [1.165, 1.54) is 5.56 Å². The van der Waals surface area contributed by atoms with Crippen LogP contribution in [0, 0.1) is 12.8 Å². The zero-order valence-corrected chi connectivity index (χ0v) is 18.3. The van der Waals surface area contributed by atoms with Gasteiger partial charge in [0.1, 0.15) is 0 Å². The highest BCUT2D eigenvalue weighted by molar-refractivity contribution is 5.94. The zero-order chi connectivity index (χ0) is 22.3. The predicted molar refractivity (Wildman–Crippen MR) is 125 cm³/mol. The van der Waals surface area contributed by atoms with Crippen LogP contribution in [-0.4, -0.2) is 39.8 Å². The maximum atomic E-state index is 12.9. The molecule has 0 spiro atoms. The smallest absolute Gasteiger partial charge is 0.229 e. The van der Waals surface area contributed by atoms with Crippen molar-refractivity contribution in [3.8, 4) is 11.1 Å². The van der Waals surface area contributed by atoms with Crippen LogP contribution in [0.15, 0.2) is 67.1 Å². The van der Waals surface area contributed by atoms with Crippen molar-refractivity contribution < 1.29 is 9.59 Å². The van der Waals surface area contributed by atoms with E-state index < -0.39 is 0 Å². The van der Waals surface area contributed by atoms with Crippen molar-refractivity contribution in [1.29, 1.82) is 0 Å². The van der Waals surface area contributed by atoms with Crippen molar-refractivity contribution >= 4 is 17.5 Å². The van der Waals surface area contributed by atoms with Crippen LogP contribution in [0.1, 0.15) is 30.5 Å². The van der Waals surface area contributed by atoms with Gasteiger partial charge in [0.2, 0.25) is 11.8 Å². The van der Waals surface area contributed by atoms with Crippen LogP contribution in [0.4, 0.5) is 5.69 Å². The summed E-state index contributed by atoms with van der Waals surface area (Å²) in [6.07, 6.45) is 7.50. The minimum absolute atomic E-state index is 0.0298. The minimum atomic E-state index is -0.202. The van der Waals surface area contributed by atoms with Crippen LogP contribution in [0.25, 0.3) is 11.1 Å². The Balaban J connectivity index is 1.35. The summed E-state index contributed by atoms with van der Waals surface area (Å²) < 4.78 is 0. The Hall–Kier alpha value is -3.54. The highest BCUT2D eigenvalue weighted by atomic mass is 16.2. The number of likely N-dealkylation sites (tertiary alicyclic amines) is 1. The van der Waals surface area contributed by atoms with Gasteiger partial charge in [-0.15, -0.1) is 0 Å². The van der Waals surface area contributed by atoms with Crippen molar-refractivity contribution in [3.05, 3.63) is 78.4 Å². The van der Waals surface area contributed by atoms with Gasteiger partial charge in [-0.05, 0) is 49.4 Å². The first-order valence-electron chi connectivity index (χ1n) is 11.1. The predicted octanol–water partition coefficient (Wildman–Crippen LogP) is 4.26. The summed E-state index contributed by atoms with van der Waals surface area (Å²) in [5.74, 6) is -0.167. The molecule has 0 aliphatic carbocycles. The van der Waals surface area contributed by atoms with Gasteiger partial charge in [0.25, 0.3) is 0 Å². The van der Waals surface area contributed by atoms with E-state index in [9.17, 15) is 9.59 Å². The number of anilines is 1. The number of carbonyl (C=O) groups excluding carboxylic acids is 2. The van der Waals surface area contributed by atoms with Crippen LogP contribution in [0.3, 0.4) is 0 Å². The van der Waals surface area contributed by atoms with E-state index in [4.69, 9.17) is 0 Å². The van der Waals surface area contributed by atoms with E-state index in [2.05, 4.69) is 40.4 Å². The van der Waals surface area contributed by atoms with Crippen LogP contribution in [0.2, 0.25) is 0 Å². The number of carbonyl (C=O) groups is 2. The molecule has 32 heavy (non-hydrogen) atoms. The number of nitrogens with zero attached hydrogens (tertiary/aromatic N) is 3. The molecule has 0 bridgehead atoms. The Kier molecular flexibility index (Phi) is 6.90. The monoisotopic (exact) mass is 428 g/mol. The first-order chi connectivity index (χ1) is 15.6. The van der Waals surface area contributed by atoms with Crippen LogP contribution in [0.5, 0.6) is 0 Å². The van der Waals surface area contributed by atoms with E-state index in [1.54, 1.807) is 18.6 Å². The van der Waals surface area contributed by atoms with Gasteiger partial charge >= 0.3 is 0 Å². The molecule has 2 amide bonds. The fraction of sp³-hybridized carbons (Fsp3) is 0.308. The number of amides is 2. The number of aromatic nitrogens is 2. The highest BCUT2D eigenvalue weighted by Gasteiger charge is 2.28. The lowest BCUT2D eigenvalue weighted by atomic mass is 9.96. The average Bonchev–Trinajstić information content (AvgIpc) is 2.83. The summed E-state index contributed by atoms with van der Waals surface area (Å²) in [6, 6.07) is 16.2. The number of benzene rings is 2. The fourth-order valence-corrected chi connectivity index (χ4v) is 4.12. The lowest BCUT2D eigenvalue weighted by Crippen LogP contribution is -2.43. The van der Waals surface area contributed by atoms with Gasteiger partial charge in [-0.3, -0.25) is 19.6 Å². The molecule has 1 aliphatic rings. The third-order valence-corrected chi connectivity index (χ3v) is 5.84. The number of hydrogen-bond acceptors (Lipinski definition) is 4. The van der Waals surface area contributed by atoms with Gasteiger partial charge in [-0.1, -0.05) is 42.0 Å². The molecule has 0 saturated carbocycles. The quantitative estimate of drug-likeness (QED) is 0.636. The van der Waals surface area contributed by atoms with E-state index in [0.717, 1.165) is 35.3 Å². The summed E-state index contributed by atoms with van der Waals surface area (Å²) in [5.41, 5.74) is 4.97. The van der Waals surface area contributed by atoms with Crippen molar-refractivity contribution in [2.24, 2.45) is 5.92 Å². The molecule has 1 fully saturated rings. The molecule has 164 valence electrons. The first-order valence-corrected chi connectivity index (χ1v) is 11.1. The van der Waals surface area contributed by atoms with E-state index in [1.807, 2.05) is 35.2 Å². The Morgan fingerprint density at radius 2 is 1.91 bits per heavy atom. The number of nitrogens with one attached hydrogen (secondary N) is 1. The Bertz CT molecular complexity index is 1080. The molecule has 1 unspecified atom stereocenters. The van der Waals surface area contributed by atoms with Gasteiger partial charge < -0.3 is 10.2 Å². The number of piperidine rings is 1. The summed E-state index contributed by atoms with van der Waals surface area (Å²) in [5, 5.41) is 3.06. The fourth-order valence-electron chi connectivity index (χ4n) is 4.12. The molecule has 0 radical (unpaired) electrons. The summed E-state index contributed by atoms with van der Waals surface area (Å²) >= 11 is 0. The number of rotatable bonds is 6. The molecule has 4 rings (SSSR count). The Morgan fingerprint density at radius 3 is 2.69 bits per heavy atom. The van der Waals surface area contributed by atoms with Gasteiger partial charge in [-0.25, -0.2) is 0 Å².